The first-order valence-corrected chi connectivity index (χ1v) is 10.9. The number of rotatable bonds is 11. The SMILES string of the molecule is CCCc1ccc(OCc2ccc(OC/C(=N\OC)c3ccccc3)cc2)cc1OC.O=CO. The van der Waals surface area contributed by atoms with Gasteiger partial charge in [0.25, 0.3) is 6.47 Å². The van der Waals surface area contributed by atoms with E-state index in [0.29, 0.717) is 13.2 Å². The minimum absolute atomic E-state index is 0.250. The molecule has 0 saturated carbocycles. The van der Waals surface area contributed by atoms with Crippen LogP contribution in [0.3, 0.4) is 0 Å². The lowest BCUT2D eigenvalue weighted by molar-refractivity contribution is -0.122. The Bertz CT molecular complexity index is 1020. The van der Waals surface area contributed by atoms with Crippen LogP contribution in [0.2, 0.25) is 0 Å². The number of oxime groups is 1. The van der Waals surface area contributed by atoms with Gasteiger partial charge in [-0.2, -0.15) is 0 Å². The molecule has 0 saturated heterocycles. The van der Waals surface area contributed by atoms with Crippen molar-refractivity contribution in [1.29, 1.82) is 0 Å². The second-order valence-corrected chi connectivity index (χ2v) is 7.14. The number of methoxy groups -OCH3 is 1. The van der Waals surface area contributed by atoms with Crippen LogP contribution in [0.4, 0.5) is 0 Å². The van der Waals surface area contributed by atoms with Crippen LogP contribution in [0.25, 0.3) is 0 Å². The summed E-state index contributed by atoms with van der Waals surface area (Å²) in [5.74, 6) is 2.42. The minimum Gasteiger partial charge on any atom is -0.496 e. The van der Waals surface area contributed by atoms with Crippen molar-refractivity contribution >= 4 is 12.2 Å². The second-order valence-electron chi connectivity index (χ2n) is 7.14. The first-order valence-electron chi connectivity index (χ1n) is 10.9. The maximum Gasteiger partial charge on any atom is 0.290 e. The average molecular weight is 466 g/mol. The summed E-state index contributed by atoms with van der Waals surface area (Å²) in [5.41, 5.74) is 3.95. The van der Waals surface area contributed by atoms with E-state index in [9.17, 15) is 0 Å². The van der Waals surface area contributed by atoms with Gasteiger partial charge in [0.05, 0.1) is 7.11 Å². The molecule has 34 heavy (non-hydrogen) atoms. The molecule has 0 aliphatic heterocycles. The Morgan fingerprint density at radius 3 is 2.24 bits per heavy atom. The summed E-state index contributed by atoms with van der Waals surface area (Å²) < 4.78 is 17.3. The average Bonchev–Trinajstić information content (AvgIpc) is 2.87. The van der Waals surface area contributed by atoms with Gasteiger partial charge in [-0.25, -0.2) is 0 Å². The Balaban J connectivity index is 0.00000129. The van der Waals surface area contributed by atoms with Crippen molar-refractivity contribution in [1.82, 2.24) is 0 Å². The second kappa shape index (κ2) is 14.9. The third-order valence-corrected chi connectivity index (χ3v) is 4.79. The van der Waals surface area contributed by atoms with Crippen LogP contribution < -0.4 is 14.2 Å². The van der Waals surface area contributed by atoms with Gasteiger partial charge < -0.3 is 24.2 Å². The normalized spacial score (nSPS) is 10.5. The van der Waals surface area contributed by atoms with E-state index in [1.54, 1.807) is 7.11 Å². The van der Waals surface area contributed by atoms with Crippen LogP contribution >= 0.6 is 0 Å². The molecule has 0 unspecified atom stereocenters. The van der Waals surface area contributed by atoms with Gasteiger partial charge in [0.15, 0.2) is 0 Å². The highest BCUT2D eigenvalue weighted by Crippen LogP contribution is 2.26. The standard InChI is InChI=1S/C26H29NO4.CH2O2/c1-4-8-22-13-16-24(17-26(22)28-2)30-18-20-11-14-23(15-12-20)31-19-25(27-29-3)21-9-6-5-7-10-21;2-1-3/h5-7,9-17H,4,8,18-19H2,1-3H3;1H,(H,2,3)/b27-25+;. The van der Waals surface area contributed by atoms with Crippen LogP contribution in [0.15, 0.2) is 78.0 Å². The zero-order chi connectivity index (χ0) is 24.6. The van der Waals surface area contributed by atoms with Crippen LogP contribution in [0.5, 0.6) is 17.2 Å². The van der Waals surface area contributed by atoms with Crippen molar-refractivity contribution < 1.29 is 28.9 Å². The van der Waals surface area contributed by atoms with Gasteiger partial charge in [0.1, 0.15) is 43.3 Å². The molecule has 0 aromatic heterocycles. The molecule has 7 nitrogen and oxygen atoms in total. The molecule has 1 N–H and O–H groups in total. The van der Waals surface area contributed by atoms with Gasteiger partial charge >= 0.3 is 0 Å². The van der Waals surface area contributed by atoms with Crippen molar-refractivity contribution in [3.8, 4) is 17.2 Å². The van der Waals surface area contributed by atoms with Crippen molar-refractivity contribution in [2.24, 2.45) is 5.16 Å². The van der Waals surface area contributed by atoms with Crippen molar-refractivity contribution in [3.05, 3.63) is 89.5 Å². The van der Waals surface area contributed by atoms with E-state index in [1.165, 1.54) is 12.7 Å². The van der Waals surface area contributed by atoms with E-state index in [2.05, 4.69) is 18.1 Å². The maximum absolute atomic E-state index is 8.36. The summed E-state index contributed by atoms with van der Waals surface area (Å²) >= 11 is 0. The lowest BCUT2D eigenvalue weighted by atomic mass is 10.1. The first kappa shape index (κ1) is 26.3. The summed E-state index contributed by atoms with van der Waals surface area (Å²) in [6.07, 6.45) is 2.07. The van der Waals surface area contributed by atoms with Crippen molar-refractivity contribution in [2.75, 3.05) is 20.8 Å². The summed E-state index contributed by atoms with van der Waals surface area (Å²) in [5, 5.41) is 11.0. The van der Waals surface area contributed by atoms with E-state index in [4.69, 9.17) is 28.9 Å². The van der Waals surface area contributed by atoms with E-state index in [1.807, 2.05) is 66.7 Å². The number of carbonyl (C=O) groups is 1. The van der Waals surface area contributed by atoms with Gasteiger partial charge in [-0.15, -0.1) is 0 Å². The molecule has 0 radical (unpaired) electrons. The van der Waals surface area contributed by atoms with E-state index >= 15 is 0 Å². The summed E-state index contributed by atoms with van der Waals surface area (Å²) in [7, 11) is 3.22. The predicted molar refractivity (Wildman–Crippen MR) is 132 cm³/mol. The third-order valence-electron chi connectivity index (χ3n) is 4.79. The minimum atomic E-state index is -0.250. The maximum atomic E-state index is 8.36. The molecule has 3 aromatic rings. The fraction of sp³-hybridized carbons (Fsp3) is 0.259. The predicted octanol–water partition coefficient (Wildman–Crippen LogP) is 5.36. The number of carboxylic acid groups (broad SMARTS) is 1. The third kappa shape index (κ3) is 8.50. The molecule has 3 rings (SSSR count). The topological polar surface area (TPSA) is 86.6 Å². The Labute approximate surface area is 200 Å². The number of aryl methyl sites for hydroxylation is 1. The van der Waals surface area contributed by atoms with Gasteiger partial charge in [0.2, 0.25) is 0 Å². The molecule has 0 amide bonds. The molecule has 0 aliphatic carbocycles. The first-order chi connectivity index (χ1) is 16.6. The van der Waals surface area contributed by atoms with E-state index in [-0.39, 0.29) is 6.47 Å². The quantitative estimate of drug-likeness (QED) is 0.233. The van der Waals surface area contributed by atoms with Crippen molar-refractivity contribution in [3.63, 3.8) is 0 Å². The Morgan fingerprint density at radius 1 is 0.941 bits per heavy atom. The molecule has 3 aromatic carbocycles. The van der Waals surface area contributed by atoms with Crippen LogP contribution in [-0.4, -0.2) is 38.1 Å². The Hall–Kier alpha value is -4.00. The molecule has 0 spiro atoms. The molecule has 0 bridgehead atoms. The molecule has 0 aliphatic rings. The highest BCUT2D eigenvalue weighted by Gasteiger charge is 2.07. The number of hydrogen-bond acceptors (Lipinski definition) is 6. The number of benzene rings is 3. The van der Waals surface area contributed by atoms with Gasteiger partial charge in [-0.3, -0.25) is 4.79 Å². The molecule has 0 heterocycles. The van der Waals surface area contributed by atoms with Crippen LogP contribution in [0, 0.1) is 0 Å². The van der Waals surface area contributed by atoms with Crippen LogP contribution in [0.1, 0.15) is 30.0 Å². The number of ether oxygens (including phenoxy) is 3. The number of nitrogens with zero attached hydrogens (tertiary/aromatic N) is 1. The fourth-order valence-corrected chi connectivity index (χ4v) is 3.19. The molecule has 0 fully saturated rings. The van der Waals surface area contributed by atoms with Gasteiger partial charge in [-0.1, -0.05) is 67.0 Å². The van der Waals surface area contributed by atoms with Gasteiger partial charge in [-0.05, 0) is 35.7 Å². The highest BCUT2D eigenvalue weighted by atomic mass is 16.6. The summed E-state index contributed by atoms with van der Waals surface area (Å²) in [4.78, 5) is 13.3. The highest BCUT2D eigenvalue weighted by molar-refractivity contribution is 6.01. The molecular formula is C27H31NO6. The summed E-state index contributed by atoms with van der Waals surface area (Å²) in [6.45, 7) is 2.69. The monoisotopic (exact) mass is 465 g/mol. The molecule has 0 atom stereocenters. The van der Waals surface area contributed by atoms with E-state index < -0.39 is 0 Å². The summed E-state index contributed by atoms with van der Waals surface area (Å²) in [6, 6.07) is 23.7. The van der Waals surface area contributed by atoms with Crippen molar-refractivity contribution in [2.45, 2.75) is 26.4 Å². The molecule has 7 heteroatoms. The Kier molecular flexibility index (Phi) is 11.5. The lowest BCUT2D eigenvalue weighted by Crippen LogP contribution is -2.13. The van der Waals surface area contributed by atoms with E-state index in [0.717, 1.165) is 46.9 Å². The van der Waals surface area contributed by atoms with Crippen LogP contribution in [-0.2, 0) is 22.7 Å². The lowest BCUT2D eigenvalue weighted by Gasteiger charge is -2.12. The largest absolute Gasteiger partial charge is 0.496 e. The molecule has 180 valence electrons. The molecular weight excluding hydrogens is 434 g/mol. The number of hydrogen-bond donors (Lipinski definition) is 1. The van der Waals surface area contributed by atoms with Gasteiger partial charge in [0, 0.05) is 11.6 Å². The smallest absolute Gasteiger partial charge is 0.290 e. The fourth-order valence-electron chi connectivity index (χ4n) is 3.19. The Morgan fingerprint density at radius 2 is 1.62 bits per heavy atom. The zero-order valence-corrected chi connectivity index (χ0v) is 19.8. The zero-order valence-electron chi connectivity index (χ0n) is 19.8.